The number of rotatable bonds is 5. The number of carbonyl (C=O) groups is 3. The maximum absolute atomic E-state index is 12.5. The zero-order valence-electron chi connectivity index (χ0n) is 13.2. The Morgan fingerprint density at radius 3 is 2.71 bits per heavy atom. The Hall–Kier alpha value is -2.22. The van der Waals surface area contributed by atoms with E-state index in [0.29, 0.717) is 23.5 Å². The molecule has 1 aromatic rings. The van der Waals surface area contributed by atoms with Gasteiger partial charge in [0.05, 0.1) is 19.2 Å². The molecule has 24 heavy (non-hydrogen) atoms. The van der Waals surface area contributed by atoms with Crippen LogP contribution in [0.3, 0.4) is 0 Å². The van der Waals surface area contributed by atoms with E-state index in [9.17, 15) is 14.4 Å². The number of amides is 3. The maximum Gasteiger partial charge on any atom is 0.337 e. The van der Waals surface area contributed by atoms with Crippen LogP contribution in [-0.2, 0) is 9.53 Å². The fourth-order valence-corrected chi connectivity index (χ4v) is 4.10. The van der Waals surface area contributed by atoms with Crippen LogP contribution >= 0.6 is 11.8 Å². The smallest absolute Gasteiger partial charge is 0.337 e. The molecular formula is C16H18N2O5S. The number of carbonyl (C=O) groups excluding carboxylic acids is 3. The molecule has 2 aliphatic heterocycles. The Morgan fingerprint density at radius 2 is 2.08 bits per heavy atom. The van der Waals surface area contributed by atoms with Gasteiger partial charge in [-0.1, -0.05) is 0 Å². The number of urea groups is 1. The molecule has 3 rings (SSSR count). The average Bonchev–Trinajstić information content (AvgIpc) is 3.15. The Kier molecular flexibility index (Phi) is 4.66. The van der Waals surface area contributed by atoms with Crippen LogP contribution in [0.2, 0.25) is 0 Å². The quantitative estimate of drug-likeness (QED) is 0.636. The van der Waals surface area contributed by atoms with E-state index in [-0.39, 0.29) is 25.1 Å². The Labute approximate surface area is 143 Å². The monoisotopic (exact) mass is 350 g/mol. The van der Waals surface area contributed by atoms with Crippen LogP contribution in [0.1, 0.15) is 16.8 Å². The van der Waals surface area contributed by atoms with Crippen molar-refractivity contribution in [2.24, 2.45) is 0 Å². The molecule has 2 saturated heterocycles. The summed E-state index contributed by atoms with van der Waals surface area (Å²) in [5.41, 5.74) is -0.288. The number of imide groups is 1. The molecule has 1 N–H and O–H groups in total. The summed E-state index contributed by atoms with van der Waals surface area (Å²) in [5.74, 6) is 1.48. The van der Waals surface area contributed by atoms with Gasteiger partial charge in [-0.2, -0.15) is 11.8 Å². The molecule has 1 spiro atoms. The fraction of sp³-hybridized carbons (Fsp3) is 0.438. The van der Waals surface area contributed by atoms with Crippen LogP contribution in [0.5, 0.6) is 5.75 Å². The lowest BCUT2D eigenvalue weighted by Gasteiger charge is -2.19. The summed E-state index contributed by atoms with van der Waals surface area (Å²) in [6.07, 6.45) is 0.675. The Balaban J connectivity index is 1.54. The highest BCUT2D eigenvalue weighted by molar-refractivity contribution is 7.99. The van der Waals surface area contributed by atoms with E-state index in [1.165, 1.54) is 12.0 Å². The van der Waals surface area contributed by atoms with Crippen LogP contribution in [0.15, 0.2) is 24.3 Å². The third kappa shape index (κ3) is 3.06. The van der Waals surface area contributed by atoms with Crippen molar-refractivity contribution in [3.05, 3.63) is 29.8 Å². The zero-order chi connectivity index (χ0) is 17.2. The molecule has 2 aliphatic rings. The third-order valence-electron chi connectivity index (χ3n) is 4.13. The molecule has 0 saturated carbocycles. The second kappa shape index (κ2) is 6.72. The highest BCUT2D eigenvalue weighted by Crippen LogP contribution is 2.33. The van der Waals surface area contributed by atoms with Gasteiger partial charge in [0.25, 0.3) is 5.91 Å². The van der Waals surface area contributed by atoms with Gasteiger partial charge in [-0.25, -0.2) is 9.59 Å². The highest BCUT2D eigenvalue weighted by Gasteiger charge is 2.52. The van der Waals surface area contributed by atoms with Gasteiger partial charge in [-0.15, -0.1) is 0 Å². The van der Waals surface area contributed by atoms with Gasteiger partial charge in [-0.05, 0) is 36.4 Å². The van der Waals surface area contributed by atoms with Crippen molar-refractivity contribution in [2.75, 3.05) is 31.8 Å². The van der Waals surface area contributed by atoms with E-state index in [4.69, 9.17) is 4.74 Å². The zero-order valence-corrected chi connectivity index (χ0v) is 14.1. The summed E-state index contributed by atoms with van der Waals surface area (Å²) in [6, 6.07) is 6.13. The number of nitrogens with one attached hydrogen (secondary N) is 1. The summed E-state index contributed by atoms with van der Waals surface area (Å²) in [6.45, 7) is 0.385. The van der Waals surface area contributed by atoms with Crippen molar-refractivity contribution in [1.82, 2.24) is 10.2 Å². The largest absolute Gasteiger partial charge is 0.492 e. The molecule has 7 nitrogen and oxygen atoms in total. The van der Waals surface area contributed by atoms with E-state index < -0.39 is 11.5 Å². The van der Waals surface area contributed by atoms with Crippen molar-refractivity contribution in [1.29, 1.82) is 0 Å². The van der Waals surface area contributed by atoms with Crippen molar-refractivity contribution < 1.29 is 23.9 Å². The predicted octanol–water partition coefficient (Wildman–Crippen LogP) is 1.28. The first-order valence-electron chi connectivity index (χ1n) is 7.59. The van der Waals surface area contributed by atoms with Crippen LogP contribution in [0.25, 0.3) is 0 Å². The van der Waals surface area contributed by atoms with E-state index >= 15 is 0 Å². The third-order valence-corrected chi connectivity index (χ3v) is 5.32. The topological polar surface area (TPSA) is 84.9 Å². The minimum atomic E-state index is -0.718. The van der Waals surface area contributed by atoms with Crippen molar-refractivity contribution >= 4 is 29.7 Å². The highest BCUT2D eigenvalue weighted by atomic mass is 32.2. The number of thioether (sulfide) groups is 1. The number of hydrogen-bond acceptors (Lipinski definition) is 6. The lowest BCUT2D eigenvalue weighted by molar-refractivity contribution is -0.130. The van der Waals surface area contributed by atoms with Crippen LogP contribution < -0.4 is 10.1 Å². The van der Waals surface area contributed by atoms with Crippen molar-refractivity contribution in [3.8, 4) is 5.75 Å². The lowest BCUT2D eigenvalue weighted by Crippen LogP contribution is -2.47. The summed E-state index contributed by atoms with van der Waals surface area (Å²) in [4.78, 5) is 37.0. The molecule has 0 unspecified atom stereocenters. The molecule has 0 aromatic heterocycles. The average molecular weight is 350 g/mol. The van der Waals surface area contributed by atoms with Crippen molar-refractivity contribution in [3.63, 3.8) is 0 Å². The molecule has 0 bridgehead atoms. The number of ether oxygens (including phenoxy) is 2. The van der Waals surface area contributed by atoms with Gasteiger partial charge in [-0.3, -0.25) is 9.69 Å². The van der Waals surface area contributed by atoms with Gasteiger partial charge in [0.15, 0.2) is 0 Å². The standard InChI is InChI=1S/C16H18N2O5S/c1-22-13(19)11-2-4-12(5-3-11)23-8-7-18-14(20)16(17-15(18)21)6-9-24-10-16/h2-5H,6-10H2,1H3,(H,17,21)/t16-/m0/s1. The van der Waals surface area contributed by atoms with Gasteiger partial charge >= 0.3 is 12.0 Å². The molecule has 0 aliphatic carbocycles. The van der Waals surface area contributed by atoms with Crippen LogP contribution in [0, 0.1) is 0 Å². The first-order chi connectivity index (χ1) is 11.6. The summed E-state index contributed by atoms with van der Waals surface area (Å²) >= 11 is 1.67. The molecule has 8 heteroatoms. The van der Waals surface area contributed by atoms with E-state index in [1.54, 1.807) is 36.0 Å². The van der Waals surface area contributed by atoms with Gasteiger partial charge in [0.1, 0.15) is 17.9 Å². The van der Waals surface area contributed by atoms with Gasteiger partial charge in [0, 0.05) is 5.75 Å². The molecule has 1 atom stereocenters. The molecular weight excluding hydrogens is 332 g/mol. The van der Waals surface area contributed by atoms with Gasteiger partial charge < -0.3 is 14.8 Å². The van der Waals surface area contributed by atoms with E-state index in [1.807, 2.05) is 0 Å². The predicted molar refractivity (Wildman–Crippen MR) is 88.2 cm³/mol. The lowest BCUT2D eigenvalue weighted by atomic mass is 9.99. The molecule has 1 aromatic carbocycles. The second-order valence-corrected chi connectivity index (χ2v) is 6.74. The molecule has 0 radical (unpaired) electrons. The number of benzene rings is 1. The SMILES string of the molecule is COC(=O)c1ccc(OCCN2C(=O)N[C@]3(CCSC3)C2=O)cc1. The minimum absolute atomic E-state index is 0.165. The van der Waals surface area contributed by atoms with Crippen LogP contribution in [-0.4, -0.2) is 60.1 Å². The summed E-state index contributed by atoms with van der Waals surface area (Å²) in [7, 11) is 1.32. The first-order valence-corrected chi connectivity index (χ1v) is 8.74. The summed E-state index contributed by atoms with van der Waals surface area (Å²) in [5, 5.41) is 2.81. The van der Waals surface area contributed by atoms with Crippen LogP contribution in [0.4, 0.5) is 4.79 Å². The molecule has 3 amide bonds. The van der Waals surface area contributed by atoms with Crippen molar-refractivity contribution in [2.45, 2.75) is 12.0 Å². The Bertz CT molecular complexity index is 655. The summed E-state index contributed by atoms with van der Waals surface area (Å²) < 4.78 is 10.2. The Morgan fingerprint density at radius 1 is 1.33 bits per heavy atom. The second-order valence-electron chi connectivity index (χ2n) is 5.64. The normalized spacial score (nSPS) is 22.8. The van der Waals surface area contributed by atoms with Gasteiger partial charge in [0.2, 0.25) is 0 Å². The minimum Gasteiger partial charge on any atom is -0.492 e. The van der Waals surface area contributed by atoms with E-state index in [2.05, 4.69) is 10.1 Å². The molecule has 2 fully saturated rings. The molecule has 128 valence electrons. The first kappa shape index (κ1) is 16.6. The number of methoxy groups -OCH3 is 1. The number of nitrogens with zero attached hydrogens (tertiary/aromatic N) is 1. The van der Waals surface area contributed by atoms with E-state index in [0.717, 1.165) is 5.75 Å². The number of esters is 1. The fourth-order valence-electron chi connectivity index (χ4n) is 2.77. The number of hydrogen-bond donors (Lipinski definition) is 1. The molecule has 2 heterocycles. The maximum atomic E-state index is 12.5.